The lowest BCUT2D eigenvalue weighted by Crippen LogP contribution is -2.26. The van der Waals surface area contributed by atoms with E-state index in [1.165, 1.54) is 0 Å². The van der Waals surface area contributed by atoms with Crippen molar-refractivity contribution < 1.29 is 9.53 Å². The van der Waals surface area contributed by atoms with E-state index < -0.39 is 0 Å². The Morgan fingerprint density at radius 3 is 2.63 bits per heavy atom. The van der Waals surface area contributed by atoms with Crippen molar-refractivity contribution in [3.63, 3.8) is 0 Å². The lowest BCUT2D eigenvalue weighted by atomic mass is 9.96. The van der Waals surface area contributed by atoms with Gasteiger partial charge in [0.05, 0.1) is 17.9 Å². The molecule has 3 aromatic carbocycles. The molecule has 0 aromatic heterocycles. The van der Waals surface area contributed by atoms with E-state index >= 15 is 0 Å². The minimum absolute atomic E-state index is 0.0410. The second-order valence-electron chi connectivity index (χ2n) is 7.26. The fraction of sp³-hybridized carbons (Fsp3) is 0.167. The topological polar surface area (TPSA) is 100 Å². The summed E-state index contributed by atoms with van der Waals surface area (Å²) in [5, 5.41) is 13.9. The van der Waals surface area contributed by atoms with Crippen molar-refractivity contribution in [3.8, 4) is 5.75 Å². The van der Waals surface area contributed by atoms with Gasteiger partial charge in [0.15, 0.2) is 0 Å². The number of carbonyl (C=O) groups excluding carboxylic acids is 1. The highest BCUT2D eigenvalue weighted by Crippen LogP contribution is 2.36. The predicted molar refractivity (Wildman–Crippen MR) is 119 cm³/mol. The maximum Gasteiger partial charge on any atom is 0.253 e. The number of hydrogen-bond donors (Lipinski definition) is 4. The monoisotopic (exact) mass is 400 g/mol. The summed E-state index contributed by atoms with van der Waals surface area (Å²) in [5.74, 6) is 0.913. The molecular weight excluding hydrogens is 376 g/mol. The molecule has 6 heteroatoms. The van der Waals surface area contributed by atoms with Crippen LogP contribution >= 0.6 is 0 Å². The fourth-order valence-electron chi connectivity index (χ4n) is 3.61. The van der Waals surface area contributed by atoms with Gasteiger partial charge in [-0.05, 0) is 48.9 Å². The third-order valence-corrected chi connectivity index (χ3v) is 5.20. The quantitative estimate of drug-likeness (QED) is 0.356. The smallest absolute Gasteiger partial charge is 0.253 e. The Hall–Kier alpha value is -3.80. The van der Waals surface area contributed by atoms with Gasteiger partial charge < -0.3 is 21.1 Å². The Kier molecular flexibility index (Phi) is 5.66. The normalized spacial score (nSPS) is 14.5. The standard InChI is InChI=1S/C24H24N4O2/c25-23(26)16-10-11-22-20(14-16)17(15-30-22)12-13-27-24(29)19-8-4-5-9-21(19)28-18-6-2-1-3-7-18/h1-11,14,17,28H,12-13,15H2,(H3,25,26)(H,27,29). The molecule has 0 bridgehead atoms. The Morgan fingerprint density at radius 2 is 1.83 bits per heavy atom. The first-order valence-corrected chi connectivity index (χ1v) is 9.92. The lowest BCUT2D eigenvalue weighted by Gasteiger charge is -2.14. The number of nitrogens with one attached hydrogen (secondary N) is 3. The van der Waals surface area contributed by atoms with E-state index in [0.29, 0.717) is 24.3 Å². The van der Waals surface area contributed by atoms with Gasteiger partial charge in [0.25, 0.3) is 5.91 Å². The Labute approximate surface area is 175 Å². The van der Waals surface area contributed by atoms with Crippen LogP contribution in [0.4, 0.5) is 11.4 Å². The summed E-state index contributed by atoms with van der Waals surface area (Å²) in [6.07, 6.45) is 0.744. The second-order valence-corrected chi connectivity index (χ2v) is 7.26. The Morgan fingerprint density at radius 1 is 1.07 bits per heavy atom. The number of amidine groups is 1. The van der Waals surface area contributed by atoms with E-state index in [1.54, 1.807) is 6.07 Å². The fourth-order valence-corrected chi connectivity index (χ4v) is 3.61. The molecule has 6 nitrogen and oxygen atoms in total. The molecule has 1 unspecified atom stereocenters. The number of fused-ring (bicyclic) bond motifs is 1. The number of nitrogens with two attached hydrogens (primary N) is 1. The van der Waals surface area contributed by atoms with Crippen molar-refractivity contribution in [1.82, 2.24) is 5.32 Å². The molecule has 1 aliphatic heterocycles. The van der Waals surface area contributed by atoms with Crippen molar-refractivity contribution in [3.05, 3.63) is 89.5 Å². The number of para-hydroxylation sites is 2. The van der Waals surface area contributed by atoms with Crippen molar-refractivity contribution in [2.75, 3.05) is 18.5 Å². The molecule has 1 aliphatic rings. The number of anilines is 2. The third kappa shape index (κ3) is 4.27. The summed E-state index contributed by atoms with van der Waals surface area (Å²) >= 11 is 0. The maximum atomic E-state index is 12.8. The molecule has 152 valence electrons. The summed E-state index contributed by atoms with van der Waals surface area (Å²) < 4.78 is 5.74. The maximum absolute atomic E-state index is 12.8. The number of hydrogen-bond acceptors (Lipinski definition) is 4. The number of rotatable bonds is 7. The van der Waals surface area contributed by atoms with E-state index in [4.69, 9.17) is 15.9 Å². The number of carbonyl (C=O) groups is 1. The van der Waals surface area contributed by atoms with Crippen LogP contribution in [0.5, 0.6) is 5.75 Å². The van der Waals surface area contributed by atoms with E-state index in [2.05, 4.69) is 10.6 Å². The van der Waals surface area contributed by atoms with Gasteiger partial charge in [0.1, 0.15) is 11.6 Å². The zero-order valence-corrected chi connectivity index (χ0v) is 16.5. The molecule has 0 fully saturated rings. The summed E-state index contributed by atoms with van der Waals surface area (Å²) in [6, 6.07) is 22.8. The van der Waals surface area contributed by atoms with Gasteiger partial charge in [0, 0.05) is 29.3 Å². The third-order valence-electron chi connectivity index (χ3n) is 5.20. The molecule has 30 heavy (non-hydrogen) atoms. The van der Waals surface area contributed by atoms with Crippen LogP contribution in [0.1, 0.15) is 33.8 Å². The predicted octanol–water partition coefficient (Wildman–Crippen LogP) is 4.01. The Bertz CT molecular complexity index is 1070. The Balaban J connectivity index is 1.39. The molecule has 1 amide bonds. The van der Waals surface area contributed by atoms with Gasteiger partial charge in [-0.25, -0.2) is 0 Å². The van der Waals surface area contributed by atoms with E-state index in [-0.39, 0.29) is 17.7 Å². The molecule has 1 atom stereocenters. The average Bonchev–Trinajstić information content (AvgIpc) is 3.17. The van der Waals surface area contributed by atoms with Crippen molar-refractivity contribution in [2.45, 2.75) is 12.3 Å². The highest BCUT2D eigenvalue weighted by atomic mass is 16.5. The van der Waals surface area contributed by atoms with E-state index in [0.717, 1.165) is 29.1 Å². The van der Waals surface area contributed by atoms with Crippen LogP contribution in [0.3, 0.4) is 0 Å². The highest BCUT2D eigenvalue weighted by molar-refractivity contribution is 6.00. The first-order valence-electron chi connectivity index (χ1n) is 9.92. The SMILES string of the molecule is N=C(N)c1ccc2c(c1)C(CCNC(=O)c1ccccc1Nc1ccccc1)CO2. The van der Waals surface area contributed by atoms with Gasteiger partial charge in [-0.15, -0.1) is 0 Å². The van der Waals surface area contributed by atoms with Gasteiger partial charge in [-0.3, -0.25) is 10.2 Å². The molecule has 3 aromatic rings. The largest absolute Gasteiger partial charge is 0.493 e. The van der Waals surface area contributed by atoms with Crippen LogP contribution < -0.4 is 21.1 Å². The molecule has 0 saturated carbocycles. The van der Waals surface area contributed by atoms with Gasteiger partial charge >= 0.3 is 0 Å². The van der Waals surface area contributed by atoms with E-state index in [9.17, 15) is 4.79 Å². The molecule has 5 N–H and O–H groups in total. The minimum atomic E-state index is -0.120. The molecule has 0 aliphatic carbocycles. The summed E-state index contributed by atoms with van der Waals surface area (Å²) in [5.41, 5.74) is 9.64. The van der Waals surface area contributed by atoms with Gasteiger partial charge in [0.2, 0.25) is 0 Å². The molecule has 0 saturated heterocycles. The number of ether oxygens (including phenoxy) is 1. The second kappa shape index (κ2) is 8.69. The lowest BCUT2D eigenvalue weighted by molar-refractivity contribution is 0.0953. The van der Waals surface area contributed by atoms with Gasteiger partial charge in [-0.1, -0.05) is 30.3 Å². The van der Waals surface area contributed by atoms with Crippen LogP contribution in [-0.2, 0) is 0 Å². The average molecular weight is 400 g/mol. The van der Waals surface area contributed by atoms with Crippen LogP contribution in [0.15, 0.2) is 72.8 Å². The van der Waals surface area contributed by atoms with E-state index in [1.807, 2.05) is 66.7 Å². The van der Waals surface area contributed by atoms with Crippen LogP contribution in [0.25, 0.3) is 0 Å². The van der Waals surface area contributed by atoms with Gasteiger partial charge in [-0.2, -0.15) is 0 Å². The van der Waals surface area contributed by atoms with Crippen LogP contribution in [0, 0.1) is 5.41 Å². The van der Waals surface area contributed by atoms with Crippen LogP contribution in [-0.4, -0.2) is 24.9 Å². The molecule has 1 heterocycles. The molecular formula is C24H24N4O2. The molecule has 0 spiro atoms. The number of nitrogen functional groups attached to an aromatic ring is 1. The van der Waals surface area contributed by atoms with Crippen LogP contribution in [0.2, 0.25) is 0 Å². The zero-order valence-electron chi connectivity index (χ0n) is 16.5. The first kappa shape index (κ1) is 19.5. The number of benzene rings is 3. The first-order chi connectivity index (χ1) is 14.6. The summed E-state index contributed by atoms with van der Waals surface area (Å²) in [6.45, 7) is 1.09. The zero-order chi connectivity index (χ0) is 20.9. The molecule has 4 rings (SSSR count). The summed E-state index contributed by atoms with van der Waals surface area (Å²) in [4.78, 5) is 12.8. The number of amides is 1. The molecule has 0 radical (unpaired) electrons. The summed E-state index contributed by atoms with van der Waals surface area (Å²) in [7, 11) is 0. The minimum Gasteiger partial charge on any atom is -0.493 e. The van der Waals surface area contributed by atoms with Crippen molar-refractivity contribution in [1.29, 1.82) is 5.41 Å². The van der Waals surface area contributed by atoms with Crippen molar-refractivity contribution >= 4 is 23.1 Å². The highest BCUT2D eigenvalue weighted by Gasteiger charge is 2.24. The van der Waals surface area contributed by atoms with Crippen molar-refractivity contribution in [2.24, 2.45) is 5.73 Å².